The van der Waals surface area contributed by atoms with Crippen LogP contribution in [0, 0.1) is 0 Å². The molecule has 0 spiro atoms. The van der Waals surface area contributed by atoms with Crippen LogP contribution in [0.2, 0.25) is 0 Å². The molecule has 1 heterocycles. The molecule has 0 fully saturated rings. The number of likely N-dealkylation sites (N-methyl/N-ethyl adjacent to an activating group) is 1. The van der Waals surface area contributed by atoms with Crippen LogP contribution in [-0.2, 0) is 4.79 Å². The van der Waals surface area contributed by atoms with Gasteiger partial charge in [-0.25, -0.2) is 0 Å². The average molecular weight is 138 g/mol. The maximum Gasteiger partial charge on any atom is 0.139 e. The van der Waals surface area contributed by atoms with E-state index >= 15 is 0 Å². The molecule has 3 heteroatoms. The SMILES string of the molecule is CN(CC=O)c1cc[nH]c1. The summed E-state index contributed by atoms with van der Waals surface area (Å²) < 4.78 is 0. The maximum absolute atomic E-state index is 10.1. The van der Waals surface area contributed by atoms with Crippen molar-refractivity contribution in [1.82, 2.24) is 4.98 Å². The Bertz CT molecular complexity index is 193. The summed E-state index contributed by atoms with van der Waals surface area (Å²) in [5.41, 5.74) is 1.03. The predicted octanol–water partition coefficient (Wildman–Crippen LogP) is 0.650. The van der Waals surface area contributed by atoms with Crippen molar-refractivity contribution in [2.75, 3.05) is 18.5 Å². The molecule has 3 nitrogen and oxygen atoms in total. The first kappa shape index (κ1) is 6.86. The third-order valence-corrected chi connectivity index (χ3v) is 1.37. The number of aromatic nitrogens is 1. The molecule has 0 amide bonds. The second kappa shape index (κ2) is 3.06. The molecule has 1 aromatic heterocycles. The second-order valence-corrected chi connectivity index (χ2v) is 2.12. The van der Waals surface area contributed by atoms with Gasteiger partial charge >= 0.3 is 0 Å². The van der Waals surface area contributed by atoms with Crippen LogP contribution in [0.15, 0.2) is 18.5 Å². The highest BCUT2D eigenvalue weighted by Crippen LogP contribution is 2.07. The molecular formula is C7H10N2O. The van der Waals surface area contributed by atoms with E-state index in [-0.39, 0.29) is 0 Å². The number of hydrogen-bond acceptors (Lipinski definition) is 2. The van der Waals surface area contributed by atoms with Crippen molar-refractivity contribution in [2.24, 2.45) is 0 Å². The third-order valence-electron chi connectivity index (χ3n) is 1.37. The van der Waals surface area contributed by atoms with E-state index in [9.17, 15) is 4.79 Å². The number of anilines is 1. The van der Waals surface area contributed by atoms with Crippen molar-refractivity contribution < 1.29 is 4.79 Å². The van der Waals surface area contributed by atoms with Crippen LogP contribution in [-0.4, -0.2) is 24.9 Å². The molecule has 0 unspecified atom stereocenters. The first-order valence-corrected chi connectivity index (χ1v) is 3.12. The molecule has 1 rings (SSSR count). The van der Waals surface area contributed by atoms with E-state index in [1.807, 2.05) is 30.4 Å². The normalized spacial score (nSPS) is 9.30. The number of nitrogens with one attached hydrogen (secondary N) is 1. The number of rotatable bonds is 3. The van der Waals surface area contributed by atoms with Gasteiger partial charge in [-0.05, 0) is 6.07 Å². The van der Waals surface area contributed by atoms with Crippen molar-refractivity contribution in [2.45, 2.75) is 0 Å². The number of aromatic amines is 1. The van der Waals surface area contributed by atoms with Crippen LogP contribution in [0.1, 0.15) is 0 Å². The molecule has 10 heavy (non-hydrogen) atoms. The minimum Gasteiger partial charge on any atom is -0.366 e. The smallest absolute Gasteiger partial charge is 0.139 e. The van der Waals surface area contributed by atoms with E-state index in [4.69, 9.17) is 0 Å². The molecule has 54 valence electrons. The molecular weight excluding hydrogens is 128 g/mol. The first-order valence-electron chi connectivity index (χ1n) is 3.12. The highest BCUT2D eigenvalue weighted by Gasteiger charge is 1.96. The highest BCUT2D eigenvalue weighted by molar-refractivity contribution is 5.60. The summed E-state index contributed by atoms with van der Waals surface area (Å²) in [5, 5.41) is 0. The molecule has 0 aliphatic heterocycles. The van der Waals surface area contributed by atoms with Gasteiger partial charge in [-0.1, -0.05) is 0 Å². The van der Waals surface area contributed by atoms with Crippen molar-refractivity contribution in [3.8, 4) is 0 Å². The van der Waals surface area contributed by atoms with Gasteiger partial charge < -0.3 is 14.7 Å². The zero-order chi connectivity index (χ0) is 7.40. The van der Waals surface area contributed by atoms with Crippen molar-refractivity contribution in [3.63, 3.8) is 0 Å². The molecule has 0 aliphatic carbocycles. The topological polar surface area (TPSA) is 36.1 Å². The van der Waals surface area contributed by atoms with Gasteiger partial charge in [0.1, 0.15) is 6.29 Å². The summed E-state index contributed by atoms with van der Waals surface area (Å²) in [7, 11) is 1.87. The van der Waals surface area contributed by atoms with Crippen molar-refractivity contribution in [1.29, 1.82) is 0 Å². The minimum atomic E-state index is 0.442. The van der Waals surface area contributed by atoms with Crippen LogP contribution < -0.4 is 4.90 Å². The summed E-state index contributed by atoms with van der Waals surface area (Å²) in [6.07, 6.45) is 4.56. The van der Waals surface area contributed by atoms with E-state index in [0.717, 1.165) is 12.0 Å². The van der Waals surface area contributed by atoms with E-state index in [1.54, 1.807) is 0 Å². The summed E-state index contributed by atoms with van der Waals surface area (Å²) in [6.45, 7) is 0.442. The lowest BCUT2D eigenvalue weighted by atomic mass is 10.4. The quantitative estimate of drug-likeness (QED) is 0.622. The van der Waals surface area contributed by atoms with Crippen LogP contribution in [0.4, 0.5) is 5.69 Å². The average Bonchev–Trinajstić information content (AvgIpc) is 2.38. The number of carbonyl (C=O) groups excluding carboxylic acids is 1. The van der Waals surface area contributed by atoms with E-state index in [2.05, 4.69) is 4.98 Å². The molecule has 0 radical (unpaired) electrons. The summed E-state index contributed by atoms with van der Waals surface area (Å²) in [4.78, 5) is 14.8. The monoisotopic (exact) mass is 138 g/mol. The van der Waals surface area contributed by atoms with Gasteiger partial charge in [0, 0.05) is 19.4 Å². The lowest BCUT2D eigenvalue weighted by Crippen LogP contribution is -2.18. The van der Waals surface area contributed by atoms with Crippen molar-refractivity contribution >= 4 is 12.0 Å². The highest BCUT2D eigenvalue weighted by atomic mass is 16.1. The lowest BCUT2D eigenvalue weighted by molar-refractivity contribution is -0.106. The molecule has 0 saturated heterocycles. The van der Waals surface area contributed by atoms with E-state index in [0.29, 0.717) is 6.54 Å². The molecule has 1 N–H and O–H groups in total. The van der Waals surface area contributed by atoms with Crippen LogP contribution >= 0.6 is 0 Å². The number of carbonyl (C=O) groups is 1. The Labute approximate surface area is 59.7 Å². The van der Waals surface area contributed by atoms with Crippen molar-refractivity contribution in [3.05, 3.63) is 18.5 Å². The second-order valence-electron chi connectivity index (χ2n) is 2.12. The molecule has 0 atom stereocenters. The Balaban J connectivity index is 2.58. The molecule has 0 saturated carbocycles. The fraction of sp³-hybridized carbons (Fsp3) is 0.286. The summed E-state index contributed by atoms with van der Waals surface area (Å²) in [6, 6.07) is 1.92. The van der Waals surface area contributed by atoms with Gasteiger partial charge in [-0.15, -0.1) is 0 Å². The number of hydrogen-bond donors (Lipinski definition) is 1. The van der Waals surface area contributed by atoms with Gasteiger partial charge in [0.15, 0.2) is 0 Å². The zero-order valence-corrected chi connectivity index (χ0v) is 5.87. The van der Waals surface area contributed by atoms with Gasteiger partial charge in [-0.2, -0.15) is 0 Å². The Hall–Kier alpha value is -1.25. The van der Waals surface area contributed by atoms with E-state index in [1.165, 1.54) is 0 Å². The Morgan fingerprint density at radius 3 is 3.10 bits per heavy atom. The van der Waals surface area contributed by atoms with Gasteiger partial charge in [0.25, 0.3) is 0 Å². The zero-order valence-electron chi connectivity index (χ0n) is 5.87. The van der Waals surface area contributed by atoms with Crippen LogP contribution in [0.5, 0.6) is 0 Å². The Morgan fingerprint density at radius 1 is 1.80 bits per heavy atom. The fourth-order valence-corrected chi connectivity index (χ4v) is 0.770. The molecule has 0 aromatic carbocycles. The summed E-state index contributed by atoms with van der Waals surface area (Å²) in [5.74, 6) is 0. The van der Waals surface area contributed by atoms with Gasteiger partial charge in [0.2, 0.25) is 0 Å². The lowest BCUT2D eigenvalue weighted by Gasteiger charge is -2.12. The number of H-pyrrole nitrogens is 1. The Kier molecular flexibility index (Phi) is 2.10. The minimum absolute atomic E-state index is 0.442. The van der Waals surface area contributed by atoms with E-state index < -0.39 is 0 Å². The summed E-state index contributed by atoms with van der Waals surface area (Å²) >= 11 is 0. The van der Waals surface area contributed by atoms with Gasteiger partial charge in [0.05, 0.1) is 12.2 Å². The largest absolute Gasteiger partial charge is 0.366 e. The molecule has 1 aromatic rings. The van der Waals surface area contributed by atoms with Gasteiger partial charge in [-0.3, -0.25) is 0 Å². The number of aldehydes is 1. The Morgan fingerprint density at radius 2 is 2.60 bits per heavy atom. The molecule has 0 bridgehead atoms. The predicted molar refractivity (Wildman–Crippen MR) is 40.1 cm³/mol. The third kappa shape index (κ3) is 1.37. The van der Waals surface area contributed by atoms with Crippen LogP contribution in [0.3, 0.4) is 0 Å². The first-order chi connectivity index (χ1) is 4.84. The van der Waals surface area contributed by atoms with Crippen LogP contribution in [0.25, 0.3) is 0 Å². The number of nitrogens with zero attached hydrogens (tertiary/aromatic N) is 1. The molecule has 0 aliphatic rings. The maximum atomic E-state index is 10.1. The standard InChI is InChI=1S/C7H10N2O/c1-9(4-5-10)7-2-3-8-6-7/h2-3,5-6,8H,4H2,1H3. The fourth-order valence-electron chi connectivity index (χ4n) is 0.770.